The second kappa shape index (κ2) is 44.1. The van der Waals surface area contributed by atoms with Gasteiger partial charge in [0, 0.05) is 19.3 Å². The van der Waals surface area contributed by atoms with Crippen molar-refractivity contribution in [1.29, 1.82) is 0 Å². The molecular formula is C54H91NO7. The van der Waals surface area contributed by atoms with E-state index in [1.165, 1.54) is 83.5 Å². The highest BCUT2D eigenvalue weighted by Crippen LogP contribution is 2.14. The standard InChI is InChI=1S/C54H91NO7/c1-6-8-10-12-14-16-18-20-22-24-26-27-29-31-33-35-37-39-41-43-45-53(57)62-50(48-60-47-46-51(54(58)59)55(3,4)5)49-61-52(56)44-42-40-38-36-34-32-30-28-25-23-21-19-17-15-13-11-9-7-2/h11,13,15-23,25,28,30,50-51H,6-10,12,14,24,26-27,29,31-49H2,1-5H3/b13-11+,17-15+,18-16+,21-19+,22-20+,25-23+,30-28+. The van der Waals surface area contributed by atoms with Crippen LogP contribution in [0, 0.1) is 0 Å². The Labute approximate surface area is 380 Å². The Morgan fingerprint density at radius 1 is 0.484 bits per heavy atom. The van der Waals surface area contributed by atoms with Crippen LogP contribution in [0.15, 0.2) is 85.1 Å². The van der Waals surface area contributed by atoms with Gasteiger partial charge < -0.3 is 28.6 Å². The van der Waals surface area contributed by atoms with E-state index >= 15 is 0 Å². The zero-order chi connectivity index (χ0) is 45.6. The number of allylic oxidation sites excluding steroid dienone is 14. The van der Waals surface area contributed by atoms with Crippen LogP contribution in [0.1, 0.15) is 187 Å². The summed E-state index contributed by atoms with van der Waals surface area (Å²) < 4.78 is 17.2. The van der Waals surface area contributed by atoms with Gasteiger partial charge in [-0.1, -0.05) is 195 Å². The Balaban J connectivity index is 4.35. The van der Waals surface area contributed by atoms with Gasteiger partial charge in [-0.2, -0.15) is 0 Å². The van der Waals surface area contributed by atoms with Gasteiger partial charge in [0.25, 0.3) is 0 Å². The monoisotopic (exact) mass is 866 g/mol. The molecule has 354 valence electrons. The van der Waals surface area contributed by atoms with Crippen LogP contribution in [0.4, 0.5) is 0 Å². The van der Waals surface area contributed by atoms with Crippen molar-refractivity contribution >= 4 is 17.9 Å². The summed E-state index contributed by atoms with van der Waals surface area (Å²) >= 11 is 0. The maximum absolute atomic E-state index is 12.8. The molecule has 0 rings (SSSR count). The molecule has 0 saturated carbocycles. The van der Waals surface area contributed by atoms with Crippen molar-refractivity contribution in [2.45, 2.75) is 199 Å². The Hall–Kier alpha value is -3.49. The number of carboxylic acid groups (broad SMARTS) is 1. The average molecular weight is 866 g/mol. The molecule has 0 N–H and O–H groups in total. The molecule has 0 fully saturated rings. The lowest BCUT2D eigenvalue weighted by Crippen LogP contribution is -2.55. The number of likely N-dealkylation sites (N-methyl/N-ethyl adjacent to an activating group) is 1. The molecule has 0 aromatic carbocycles. The molecule has 0 aliphatic carbocycles. The van der Waals surface area contributed by atoms with Crippen molar-refractivity contribution in [3.05, 3.63) is 85.1 Å². The van der Waals surface area contributed by atoms with Gasteiger partial charge in [0.1, 0.15) is 12.6 Å². The zero-order valence-electron chi connectivity index (χ0n) is 40.3. The van der Waals surface area contributed by atoms with E-state index in [9.17, 15) is 19.5 Å². The number of rotatable bonds is 43. The molecule has 2 unspecified atom stereocenters. The average Bonchev–Trinajstić information content (AvgIpc) is 3.23. The third-order valence-corrected chi connectivity index (χ3v) is 10.6. The van der Waals surface area contributed by atoms with Crippen LogP contribution < -0.4 is 5.11 Å². The molecule has 8 heteroatoms. The normalized spacial score (nSPS) is 13.6. The largest absolute Gasteiger partial charge is 0.544 e. The first-order chi connectivity index (χ1) is 30.1. The number of unbranched alkanes of at least 4 members (excludes halogenated alkanes) is 20. The summed E-state index contributed by atoms with van der Waals surface area (Å²) in [6, 6.07) is -0.735. The molecular weight excluding hydrogens is 775 g/mol. The maximum atomic E-state index is 12.8. The number of hydrogen-bond donors (Lipinski definition) is 0. The second-order valence-corrected chi connectivity index (χ2v) is 17.5. The highest BCUT2D eigenvalue weighted by Gasteiger charge is 2.25. The molecule has 0 aliphatic rings. The first-order valence-electron chi connectivity index (χ1n) is 24.7. The zero-order valence-corrected chi connectivity index (χ0v) is 40.3. The molecule has 0 saturated heterocycles. The molecule has 0 bridgehead atoms. The lowest BCUT2D eigenvalue weighted by molar-refractivity contribution is -0.889. The summed E-state index contributed by atoms with van der Waals surface area (Å²) in [5, 5.41) is 11.7. The van der Waals surface area contributed by atoms with Crippen LogP contribution >= 0.6 is 0 Å². The van der Waals surface area contributed by atoms with Crippen LogP contribution in [-0.2, 0) is 28.6 Å². The Morgan fingerprint density at radius 2 is 0.887 bits per heavy atom. The SMILES string of the molecule is CCC/C=C/C=C/C=C/C=C/C=C/CCCCCCCC(=O)OCC(COCCC(C(=O)[O-])[N+](C)(C)C)OC(=O)CCCCCCCCCCCC/C=C/C=C/CCCCCC. The first-order valence-corrected chi connectivity index (χ1v) is 24.7. The van der Waals surface area contributed by atoms with E-state index in [1.54, 1.807) is 21.1 Å². The number of quaternary nitrogens is 1. The van der Waals surface area contributed by atoms with E-state index in [0.29, 0.717) is 12.8 Å². The van der Waals surface area contributed by atoms with E-state index in [1.807, 2.05) is 36.5 Å². The van der Waals surface area contributed by atoms with Gasteiger partial charge in [-0.25, -0.2) is 0 Å². The predicted molar refractivity (Wildman–Crippen MR) is 258 cm³/mol. The van der Waals surface area contributed by atoms with Gasteiger partial charge in [-0.15, -0.1) is 0 Å². The van der Waals surface area contributed by atoms with E-state index in [-0.39, 0.29) is 42.7 Å². The smallest absolute Gasteiger partial charge is 0.306 e. The van der Waals surface area contributed by atoms with E-state index in [0.717, 1.165) is 70.6 Å². The highest BCUT2D eigenvalue weighted by molar-refractivity contribution is 5.70. The summed E-state index contributed by atoms with van der Waals surface area (Å²) in [7, 11) is 5.40. The minimum atomic E-state index is -1.13. The van der Waals surface area contributed by atoms with Gasteiger partial charge in [-0.3, -0.25) is 9.59 Å². The maximum Gasteiger partial charge on any atom is 0.306 e. The van der Waals surface area contributed by atoms with Gasteiger partial charge in [0.15, 0.2) is 6.10 Å². The fourth-order valence-corrected chi connectivity index (χ4v) is 6.80. The van der Waals surface area contributed by atoms with Gasteiger partial charge >= 0.3 is 11.9 Å². The van der Waals surface area contributed by atoms with Gasteiger partial charge in [0.2, 0.25) is 0 Å². The Morgan fingerprint density at radius 3 is 1.34 bits per heavy atom. The van der Waals surface area contributed by atoms with Crippen molar-refractivity contribution in [3.8, 4) is 0 Å². The van der Waals surface area contributed by atoms with Gasteiger partial charge in [0.05, 0.1) is 40.3 Å². The predicted octanol–water partition coefficient (Wildman–Crippen LogP) is 12.7. The van der Waals surface area contributed by atoms with Crippen LogP contribution in [0.5, 0.6) is 0 Å². The fourth-order valence-electron chi connectivity index (χ4n) is 6.80. The summed E-state index contributed by atoms with van der Waals surface area (Å²) in [5.74, 6) is -1.78. The number of carbonyl (C=O) groups excluding carboxylic acids is 3. The number of carboxylic acids is 1. The van der Waals surface area contributed by atoms with Crippen molar-refractivity contribution < 1.29 is 38.2 Å². The number of hydrogen-bond acceptors (Lipinski definition) is 7. The molecule has 0 heterocycles. The number of aliphatic carboxylic acids is 1. The molecule has 2 atom stereocenters. The van der Waals surface area contributed by atoms with Crippen molar-refractivity contribution in [1.82, 2.24) is 0 Å². The van der Waals surface area contributed by atoms with Crippen LogP contribution in [0.25, 0.3) is 0 Å². The number of carbonyl (C=O) groups is 3. The van der Waals surface area contributed by atoms with E-state index in [2.05, 4.69) is 62.5 Å². The lowest BCUT2D eigenvalue weighted by atomic mass is 10.1. The van der Waals surface area contributed by atoms with Crippen LogP contribution in [-0.4, -0.2) is 75.5 Å². The van der Waals surface area contributed by atoms with Crippen molar-refractivity contribution in [3.63, 3.8) is 0 Å². The molecule has 0 radical (unpaired) electrons. The first kappa shape index (κ1) is 58.5. The highest BCUT2D eigenvalue weighted by atomic mass is 16.6. The summed E-state index contributed by atoms with van der Waals surface area (Å²) in [5.41, 5.74) is 0. The quantitative estimate of drug-likeness (QED) is 0.0260. The third-order valence-electron chi connectivity index (χ3n) is 10.6. The fraction of sp³-hybridized carbons (Fsp3) is 0.685. The van der Waals surface area contributed by atoms with E-state index < -0.39 is 18.1 Å². The van der Waals surface area contributed by atoms with E-state index in [4.69, 9.17) is 14.2 Å². The molecule has 0 amide bonds. The number of nitrogens with zero attached hydrogens (tertiary/aromatic N) is 1. The third kappa shape index (κ3) is 41.8. The summed E-state index contributed by atoms with van der Waals surface area (Å²) in [6.07, 6.45) is 57.4. The molecule has 0 spiro atoms. The lowest BCUT2D eigenvalue weighted by Gasteiger charge is -2.34. The molecule has 0 aromatic rings. The van der Waals surface area contributed by atoms with Crippen LogP contribution in [0.2, 0.25) is 0 Å². The van der Waals surface area contributed by atoms with Crippen LogP contribution in [0.3, 0.4) is 0 Å². The Kier molecular flexibility index (Phi) is 41.6. The summed E-state index contributed by atoms with van der Waals surface area (Å²) in [4.78, 5) is 37.0. The number of esters is 2. The minimum Gasteiger partial charge on any atom is -0.544 e. The topological polar surface area (TPSA) is 102 Å². The van der Waals surface area contributed by atoms with Crippen molar-refractivity contribution in [2.24, 2.45) is 0 Å². The Bertz CT molecular complexity index is 1290. The molecule has 62 heavy (non-hydrogen) atoms. The molecule has 8 nitrogen and oxygen atoms in total. The summed E-state index contributed by atoms with van der Waals surface area (Å²) in [6.45, 7) is 4.52. The van der Waals surface area contributed by atoms with Crippen molar-refractivity contribution in [2.75, 3.05) is 41.0 Å². The van der Waals surface area contributed by atoms with Gasteiger partial charge in [-0.05, 0) is 57.8 Å². The number of ether oxygens (including phenoxy) is 3. The molecule has 0 aromatic heterocycles. The molecule has 0 aliphatic heterocycles. The second-order valence-electron chi connectivity index (χ2n) is 17.5. The minimum absolute atomic E-state index is 0.0263.